The average molecular weight is 248 g/mol. The molecule has 0 aliphatic carbocycles. The molecule has 0 aromatic heterocycles. The van der Waals surface area contributed by atoms with E-state index < -0.39 is 0 Å². The number of rotatable bonds is 3. The second-order valence-corrected chi connectivity index (χ2v) is 4.70. The van der Waals surface area contributed by atoms with Gasteiger partial charge in [-0.1, -0.05) is 11.6 Å². The first-order valence-corrected chi connectivity index (χ1v) is 6.26. The quantitative estimate of drug-likeness (QED) is 0.888. The molecule has 1 amide bonds. The molecule has 1 aromatic rings. The summed E-state index contributed by atoms with van der Waals surface area (Å²) in [6, 6.07) is 5.89. The SMILES string of the molecule is CNc1ccc(C)cc1C(=O)N1CCC(OC)C1. The van der Waals surface area contributed by atoms with Gasteiger partial charge in [0.25, 0.3) is 5.91 Å². The van der Waals surface area contributed by atoms with E-state index in [-0.39, 0.29) is 12.0 Å². The van der Waals surface area contributed by atoms with Gasteiger partial charge in [-0.2, -0.15) is 0 Å². The van der Waals surface area contributed by atoms with Gasteiger partial charge in [-0.15, -0.1) is 0 Å². The number of hydrogen-bond acceptors (Lipinski definition) is 3. The van der Waals surface area contributed by atoms with Crippen molar-refractivity contribution in [1.29, 1.82) is 0 Å². The Bertz CT molecular complexity index is 445. The van der Waals surface area contributed by atoms with Gasteiger partial charge in [0.1, 0.15) is 0 Å². The molecule has 0 spiro atoms. The minimum Gasteiger partial charge on any atom is -0.387 e. The Morgan fingerprint density at radius 3 is 2.89 bits per heavy atom. The van der Waals surface area contributed by atoms with Crippen LogP contribution in [-0.2, 0) is 4.74 Å². The van der Waals surface area contributed by atoms with E-state index in [0.29, 0.717) is 6.54 Å². The van der Waals surface area contributed by atoms with Crippen molar-refractivity contribution in [1.82, 2.24) is 4.90 Å². The molecule has 4 nitrogen and oxygen atoms in total. The van der Waals surface area contributed by atoms with E-state index in [1.807, 2.05) is 37.1 Å². The summed E-state index contributed by atoms with van der Waals surface area (Å²) in [6.07, 6.45) is 1.10. The summed E-state index contributed by atoms with van der Waals surface area (Å²) in [6.45, 7) is 3.46. The van der Waals surface area contributed by atoms with Crippen molar-refractivity contribution in [3.05, 3.63) is 29.3 Å². The summed E-state index contributed by atoms with van der Waals surface area (Å²) in [5.41, 5.74) is 2.72. The van der Waals surface area contributed by atoms with Crippen molar-refractivity contribution in [2.45, 2.75) is 19.4 Å². The summed E-state index contributed by atoms with van der Waals surface area (Å²) in [7, 11) is 3.54. The molecule has 1 heterocycles. The second kappa shape index (κ2) is 5.40. The Morgan fingerprint density at radius 2 is 2.28 bits per heavy atom. The molecule has 0 bridgehead atoms. The molecule has 1 aliphatic rings. The molecule has 98 valence electrons. The van der Waals surface area contributed by atoms with Crippen molar-refractivity contribution in [2.24, 2.45) is 0 Å². The number of carbonyl (C=O) groups is 1. The minimum atomic E-state index is 0.0857. The highest BCUT2D eigenvalue weighted by atomic mass is 16.5. The third-order valence-electron chi connectivity index (χ3n) is 3.44. The maximum atomic E-state index is 12.5. The lowest BCUT2D eigenvalue weighted by molar-refractivity contribution is 0.0725. The van der Waals surface area contributed by atoms with E-state index in [9.17, 15) is 4.79 Å². The molecule has 1 aromatic carbocycles. The monoisotopic (exact) mass is 248 g/mol. The van der Waals surface area contributed by atoms with Crippen LogP contribution in [0.5, 0.6) is 0 Å². The molecule has 1 N–H and O–H groups in total. The lowest BCUT2D eigenvalue weighted by Gasteiger charge is -2.18. The number of nitrogens with one attached hydrogen (secondary N) is 1. The Kier molecular flexibility index (Phi) is 3.87. The highest BCUT2D eigenvalue weighted by Crippen LogP contribution is 2.22. The van der Waals surface area contributed by atoms with Gasteiger partial charge in [0, 0.05) is 32.9 Å². The smallest absolute Gasteiger partial charge is 0.256 e. The topological polar surface area (TPSA) is 41.6 Å². The summed E-state index contributed by atoms with van der Waals surface area (Å²) in [4.78, 5) is 14.3. The van der Waals surface area contributed by atoms with Gasteiger partial charge in [0.05, 0.1) is 11.7 Å². The normalized spacial score (nSPS) is 19.1. The van der Waals surface area contributed by atoms with Gasteiger partial charge in [0.2, 0.25) is 0 Å². The minimum absolute atomic E-state index is 0.0857. The predicted octanol–water partition coefficient (Wildman–Crippen LogP) is 1.90. The van der Waals surface area contributed by atoms with Crippen LogP contribution in [-0.4, -0.2) is 44.2 Å². The van der Waals surface area contributed by atoms with E-state index in [4.69, 9.17) is 4.74 Å². The standard InChI is InChI=1S/C14H20N2O2/c1-10-4-5-13(15-2)12(8-10)14(17)16-7-6-11(9-16)18-3/h4-5,8,11,15H,6-7,9H2,1-3H3. The van der Waals surface area contributed by atoms with E-state index in [1.54, 1.807) is 7.11 Å². The number of benzene rings is 1. The lowest BCUT2D eigenvalue weighted by Crippen LogP contribution is -2.30. The molecule has 1 atom stereocenters. The van der Waals surface area contributed by atoms with Crippen molar-refractivity contribution in [3.8, 4) is 0 Å². The number of methoxy groups -OCH3 is 1. The van der Waals surface area contributed by atoms with Crippen LogP contribution in [0, 0.1) is 6.92 Å². The average Bonchev–Trinajstić information content (AvgIpc) is 2.86. The zero-order valence-electron chi connectivity index (χ0n) is 11.2. The van der Waals surface area contributed by atoms with Crippen molar-refractivity contribution in [3.63, 3.8) is 0 Å². The van der Waals surface area contributed by atoms with Crippen LogP contribution in [0.1, 0.15) is 22.3 Å². The predicted molar refractivity (Wildman–Crippen MR) is 72.0 cm³/mol. The number of amides is 1. The third-order valence-corrected chi connectivity index (χ3v) is 3.44. The van der Waals surface area contributed by atoms with Crippen molar-refractivity contribution in [2.75, 3.05) is 32.6 Å². The summed E-state index contributed by atoms with van der Waals surface area (Å²) in [5.74, 6) is 0.0857. The van der Waals surface area contributed by atoms with Crippen molar-refractivity contribution >= 4 is 11.6 Å². The molecule has 4 heteroatoms. The van der Waals surface area contributed by atoms with Crippen LogP contribution < -0.4 is 5.32 Å². The van der Waals surface area contributed by atoms with Crippen LogP contribution in [0.4, 0.5) is 5.69 Å². The number of anilines is 1. The highest BCUT2D eigenvalue weighted by molar-refractivity contribution is 6.00. The maximum absolute atomic E-state index is 12.5. The third kappa shape index (κ3) is 2.48. The highest BCUT2D eigenvalue weighted by Gasteiger charge is 2.27. The van der Waals surface area contributed by atoms with Crippen LogP contribution in [0.3, 0.4) is 0 Å². The van der Waals surface area contributed by atoms with Gasteiger partial charge in [-0.05, 0) is 25.5 Å². The van der Waals surface area contributed by atoms with E-state index >= 15 is 0 Å². The molecule has 2 rings (SSSR count). The van der Waals surface area contributed by atoms with E-state index in [2.05, 4.69) is 5.32 Å². The van der Waals surface area contributed by atoms with Gasteiger partial charge in [0.15, 0.2) is 0 Å². The molecule has 0 radical (unpaired) electrons. The van der Waals surface area contributed by atoms with E-state index in [1.165, 1.54) is 0 Å². The first-order chi connectivity index (χ1) is 8.65. The first kappa shape index (κ1) is 12.9. The summed E-state index contributed by atoms with van der Waals surface area (Å²) >= 11 is 0. The molecule has 0 saturated carbocycles. The van der Waals surface area contributed by atoms with Crippen LogP contribution in [0.25, 0.3) is 0 Å². The Morgan fingerprint density at radius 1 is 1.50 bits per heavy atom. The number of aryl methyl sites for hydroxylation is 1. The number of nitrogens with zero attached hydrogens (tertiary/aromatic N) is 1. The molecular weight excluding hydrogens is 228 g/mol. The van der Waals surface area contributed by atoms with Crippen molar-refractivity contribution < 1.29 is 9.53 Å². The maximum Gasteiger partial charge on any atom is 0.256 e. The second-order valence-electron chi connectivity index (χ2n) is 4.70. The molecule has 1 fully saturated rings. The van der Waals surface area contributed by atoms with Crippen LogP contribution in [0.15, 0.2) is 18.2 Å². The Hall–Kier alpha value is -1.55. The number of ether oxygens (including phenoxy) is 1. The zero-order valence-corrected chi connectivity index (χ0v) is 11.2. The van der Waals surface area contributed by atoms with Gasteiger partial charge >= 0.3 is 0 Å². The summed E-state index contributed by atoms with van der Waals surface area (Å²) < 4.78 is 5.30. The molecular formula is C14H20N2O2. The number of hydrogen-bond donors (Lipinski definition) is 1. The van der Waals surface area contributed by atoms with Crippen LogP contribution in [0.2, 0.25) is 0 Å². The fraction of sp³-hybridized carbons (Fsp3) is 0.500. The fourth-order valence-corrected chi connectivity index (χ4v) is 2.33. The first-order valence-electron chi connectivity index (χ1n) is 6.26. The van der Waals surface area contributed by atoms with Gasteiger partial charge < -0.3 is 15.0 Å². The van der Waals surface area contributed by atoms with Crippen LogP contribution >= 0.6 is 0 Å². The lowest BCUT2D eigenvalue weighted by atomic mass is 10.1. The molecule has 18 heavy (non-hydrogen) atoms. The Labute approximate surface area is 108 Å². The molecule has 1 unspecified atom stereocenters. The molecule has 1 aliphatic heterocycles. The Balaban J connectivity index is 2.21. The van der Waals surface area contributed by atoms with Gasteiger partial charge in [-0.25, -0.2) is 0 Å². The zero-order chi connectivity index (χ0) is 13.1. The number of likely N-dealkylation sites (tertiary alicyclic amines) is 1. The molecule has 1 saturated heterocycles. The number of carbonyl (C=O) groups excluding carboxylic acids is 1. The largest absolute Gasteiger partial charge is 0.387 e. The fourth-order valence-electron chi connectivity index (χ4n) is 2.33. The van der Waals surface area contributed by atoms with E-state index in [0.717, 1.165) is 29.8 Å². The summed E-state index contributed by atoms with van der Waals surface area (Å²) in [5, 5.41) is 3.07. The van der Waals surface area contributed by atoms with Gasteiger partial charge in [-0.3, -0.25) is 4.79 Å².